The summed E-state index contributed by atoms with van der Waals surface area (Å²) in [5.41, 5.74) is 1.07. The summed E-state index contributed by atoms with van der Waals surface area (Å²) in [6.07, 6.45) is -2.62. The van der Waals surface area contributed by atoms with E-state index in [0.29, 0.717) is 17.1 Å². The molecule has 0 unspecified atom stereocenters. The van der Waals surface area contributed by atoms with Crippen molar-refractivity contribution in [3.63, 3.8) is 0 Å². The summed E-state index contributed by atoms with van der Waals surface area (Å²) >= 11 is 0.386. The molecule has 0 atom stereocenters. The van der Waals surface area contributed by atoms with Crippen molar-refractivity contribution >= 4 is 11.3 Å². The topological polar surface area (TPSA) is 38.2 Å². The molecular weight excluding hydrogens is 315 g/mol. The normalized spacial score (nSPS) is 11.9. The third kappa shape index (κ3) is 4.96. The average molecular weight is 331 g/mol. The lowest BCUT2D eigenvalue weighted by Crippen LogP contribution is -2.13. The molecule has 8 heteroatoms. The quantitative estimate of drug-likeness (QED) is 0.806. The highest BCUT2D eigenvalue weighted by Gasteiger charge is 2.36. The second-order valence-corrected chi connectivity index (χ2v) is 5.97. The van der Waals surface area contributed by atoms with Crippen molar-refractivity contribution in [1.82, 2.24) is 15.1 Å². The van der Waals surface area contributed by atoms with Gasteiger partial charge in [0.2, 0.25) is 5.01 Å². The Labute approximate surface area is 130 Å². The van der Waals surface area contributed by atoms with E-state index in [0.717, 1.165) is 24.9 Å². The fourth-order valence-corrected chi connectivity index (χ4v) is 2.41. The number of hydrogen-bond acceptors (Lipinski definition) is 5. The summed E-state index contributed by atoms with van der Waals surface area (Å²) in [5, 5.41) is 5.38. The number of halogens is 3. The molecule has 2 rings (SSSR count). The van der Waals surface area contributed by atoms with Crippen LogP contribution in [0.1, 0.15) is 17.0 Å². The first-order chi connectivity index (χ1) is 10.3. The fraction of sp³-hybridized carbons (Fsp3) is 0.429. The minimum absolute atomic E-state index is 0.113. The van der Waals surface area contributed by atoms with E-state index in [-0.39, 0.29) is 5.19 Å². The van der Waals surface area contributed by atoms with E-state index in [4.69, 9.17) is 4.74 Å². The molecule has 120 valence electrons. The van der Waals surface area contributed by atoms with Crippen molar-refractivity contribution in [1.29, 1.82) is 0 Å². The van der Waals surface area contributed by atoms with E-state index in [2.05, 4.69) is 15.1 Å². The van der Waals surface area contributed by atoms with Crippen LogP contribution in [0, 0.1) is 0 Å². The maximum atomic E-state index is 12.5. The third-order valence-corrected chi connectivity index (χ3v) is 3.67. The van der Waals surface area contributed by atoms with Crippen LogP contribution < -0.4 is 4.74 Å². The first-order valence-corrected chi connectivity index (χ1v) is 7.48. The maximum Gasteiger partial charge on any atom is 0.445 e. The molecule has 1 heterocycles. The summed E-state index contributed by atoms with van der Waals surface area (Å²) in [6, 6.07) is 7.27. The maximum absolute atomic E-state index is 12.5. The Morgan fingerprint density at radius 2 is 2.00 bits per heavy atom. The number of hydrogen-bond donors (Lipinski definition) is 0. The Bertz CT molecular complexity index is 613. The molecule has 0 bridgehead atoms. The molecule has 0 radical (unpaired) electrons. The van der Waals surface area contributed by atoms with Crippen LogP contribution in [0.25, 0.3) is 0 Å². The third-order valence-electron chi connectivity index (χ3n) is 2.82. The van der Waals surface area contributed by atoms with E-state index in [1.54, 1.807) is 6.07 Å². The highest BCUT2D eigenvalue weighted by molar-refractivity contribution is 7.13. The van der Waals surface area contributed by atoms with Gasteiger partial charge in [-0.05, 0) is 51.2 Å². The standard InChI is InChI=1S/C14H16F3N3OS/c1-20(2)8-4-6-10-5-3-7-11(9-10)21-13-19-18-12(22-13)14(15,16)17/h3,5,7,9H,4,6,8H2,1-2H3. The smallest absolute Gasteiger partial charge is 0.430 e. The molecule has 0 aliphatic heterocycles. The van der Waals surface area contributed by atoms with Crippen LogP contribution in [-0.4, -0.2) is 35.7 Å². The van der Waals surface area contributed by atoms with Gasteiger partial charge in [-0.3, -0.25) is 0 Å². The van der Waals surface area contributed by atoms with E-state index in [9.17, 15) is 13.2 Å². The van der Waals surface area contributed by atoms with Gasteiger partial charge < -0.3 is 9.64 Å². The molecule has 0 fully saturated rings. The van der Waals surface area contributed by atoms with Gasteiger partial charge in [-0.1, -0.05) is 28.6 Å². The first-order valence-electron chi connectivity index (χ1n) is 6.67. The van der Waals surface area contributed by atoms with Crippen LogP contribution in [0.4, 0.5) is 13.2 Å². The largest absolute Gasteiger partial charge is 0.445 e. The zero-order chi connectivity index (χ0) is 16.2. The number of ether oxygens (including phenoxy) is 1. The Hall–Kier alpha value is -1.67. The van der Waals surface area contributed by atoms with Crippen LogP contribution in [0.2, 0.25) is 0 Å². The molecule has 22 heavy (non-hydrogen) atoms. The predicted molar refractivity (Wildman–Crippen MR) is 78.3 cm³/mol. The summed E-state index contributed by atoms with van der Waals surface area (Å²) in [6.45, 7) is 0.969. The molecule has 0 saturated carbocycles. The van der Waals surface area contributed by atoms with Crippen molar-refractivity contribution in [3.05, 3.63) is 34.8 Å². The molecule has 1 aromatic heterocycles. The van der Waals surface area contributed by atoms with E-state index >= 15 is 0 Å². The molecule has 2 aromatic rings. The molecule has 0 aliphatic rings. The monoisotopic (exact) mass is 331 g/mol. The van der Waals surface area contributed by atoms with Crippen molar-refractivity contribution in [2.75, 3.05) is 20.6 Å². The summed E-state index contributed by atoms with van der Waals surface area (Å²) in [7, 11) is 4.01. The molecule has 0 N–H and O–H groups in total. The second-order valence-electron chi connectivity index (χ2n) is 5.03. The Balaban J connectivity index is 1.99. The van der Waals surface area contributed by atoms with Gasteiger partial charge in [-0.15, -0.1) is 5.10 Å². The second kappa shape index (κ2) is 7.06. The van der Waals surface area contributed by atoms with Crippen LogP contribution in [-0.2, 0) is 12.6 Å². The molecule has 0 amide bonds. The lowest BCUT2D eigenvalue weighted by atomic mass is 10.1. The van der Waals surface area contributed by atoms with Crippen LogP contribution in [0.15, 0.2) is 24.3 Å². The number of rotatable bonds is 6. The average Bonchev–Trinajstić information content (AvgIpc) is 2.87. The minimum Gasteiger partial charge on any atom is -0.430 e. The van der Waals surface area contributed by atoms with Gasteiger partial charge in [0.05, 0.1) is 0 Å². The van der Waals surface area contributed by atoms with E-state index in [1.807, 2.05) is 32.3 Å². The Morgan fingerprint density at radius 3 is 2.64 bits per heavy atom. The zero-order valence-electron chi connectivity index (χ0n) is 12.2. The number of benzene rings is 1. The molecule has 0 saturated heterocycles. The van der Waals surface area contributed by atoms with Gasteiger partial charge >= 0.3 is 6.18 Å². The van der Waals surface area contributed by atoms with Gasteiger partial charge in [0.1, 0.15) is 5.75 Å². The summed E-state index contributed by atoms with van der Waals surface area (Å²) in [4.78, 5) is 2.10. The van der Waals surface area contributed by atoms with Gasteiger partial charge in [-0.2, -0.15) is 13.2 Å². The Morgan fingerprint density at radius 1 is 1.23 bits per heavy atom. The minimum atomic E-state index is -4.49. The molecule has 1 aromatic carbocycles. The van der Waals surface area contributed by atoms with Crippen LogP contribution in [0.3, 0.4) is 0 Å². The van der Waals surface area contributed by atoms with Crippen molar-refractivity contribution in [3.8, 4) is 10.9 Å². The van der Waals surface area contributed by atoms with Gasteiger partial charge in [-0.25, -0.2) is 0 Å². The number of nitrogens with zero attached hydrogens (tertiary/aromatic N) is 3. The predicted octanol–water partition coefficient (Wildman–Crippen LogP) is 3.84. The van der Waals surface area contributed by atoms with Gasteiger partial charge in [0, 0.05) is 0 Å². The summed E-state index contributed by atoms with van der Waals surface area (Å²) in [5.74, 6) is 0.465. The number of aromatic nitrogens is 2. The van der Waals surface area contributed by atoms with Crippen LogP contribution in [0.5, 0.6) is 10.9 Å². The Kier molecular flexibility index (Phi) is 5.36. The van der Waals surface area contributed by atoms with Gasteiger partial charge in [0.15, 0.2) is 0 Å². The zero-order valence-corrected chi connectivity index (χ0v) is 13.0. The number of aryl methyl sites for hydroxylation is 1. The molecule has 0 spiro atoms. The number of alkyl halides is 3. The summed E-state index contributed by atoms with van der Waals surface area (Å²) < 4.78 is 42.7. The highest BCUT2D eigenvalue weighted by atomic mass is 32.1. The lowest BCUT2D eigenvalue weighted by molar-refractivity contribution is -0.138. The van der Waals surface area contributed by atoms with Crippen molar-refractivity contribution in [2.24, 2.45) is 0 Å². The van der Waals surface area contributed by atoms with E-state index in [1.165, 1.54) is 0 Å². The van der Waals surface area contributed by atoms with Gasteiger partial charge in [0.25, 0.3) is 5.19 Å². The van der Waals surface area contributed by atoms with Crippen molar-refractivity contribution < 1.29 is 17.9 Å². The first kappa shape index (κ1) is 16.7. The van der Waals surface area contributed by atoms with E-state index < -0.39 is 11.2 Å². The molecule has 0 aliphatic carbocycles. The molecular formula is C14H16F3N3OS. The SMILES string of the molecule is CN(C)CCCc1cccc(Oc2nnc(C(F)(F)F)s2)c1. The van der Waals surface area contributed by atoms with Crippen LogP contribution >= 0.6 is 11.3 Å². The highest BCUT2D eigenvalue weighted by Crippen LogP contribution is 2.35. The lowest BCUT2D eigenvalue weighted by Gasteiger charge is -2.09. The van der Waals surface area contributed by atoms with Crippen molar-refractivity contribution in [2.45, 2.75) is 19.0 Å². The molecule has 4 nitrogen and oxygen atoms in total. The fourth-order valence-electron chi connectivity index (χ4n) is 1.83.